The van der Waals surface area contributed by atoms with Gasteiger partial charge in [-0.25, -0.2) is 8.42 Å². The molecule has 4 nitrogen and oxygen atoms in total. The summed E-state index contributed by atoms with van der Waals surface area (Å²) < 4.78 is 26.3. The molecule has 0 radical (unpaired) electrons. The molecule has 1 fully saturated rings. The van der Waals surface area contributed by atoms with Crippen molar-refractivity contribution in [2.75, 3.05) is 6.54 Å². The van der Waals surface area contributed by atoms with E-state index in [1.165, 1.54) is 29.9 Å². The van der Waals surface area contributed by atoms with Crippen LogP contribution in [0.4, 0.5) is 0 Å². The maximum absolute atomic E-state index is 13.1. The van der Waals surface area contributed by atoms with Crippen molar-refractivity contribution < 1.29 is 13.2 Å². The highest BCUT2D eigenvalue weighted by Gasteiger charge is 2.31. The van der Waals surface area contributed by atoms with Gasteiger partial charge < -0.3 is 5.32 Å². The van der Waals surface area contributed by atoms with Crippen LogP contribution in [0, 0.1) is 5.92 Å². The molecule has 0 bridgehead atoms. The van der Waals surface area contributed by atoms with Gasteiger partial charge in [0.1, 0.15) is 5.25 Å². The summed E-state index contributed by atoms with van der Waals surface area (Å²) in [6.07, 6.45) is 5.08. The molecule has 1 saturated carbocycles. The lowest BCUT2D eigenvalue weighted by Crippen LogP contribution is -2.36. The third-order valence-corrected chi connectivity index (χ3v) is 8.30. The Kier molecular flexibility index (Phi) is 6.37. The second-order valence-corrected chi connectivity index (χ2v) is 10.1. The van der Waals surface area contributed by atoms with Crippen molar-refractivity contribution in [3.63, 3.8) is 0 Å². The van der Waals surface area contributed by atoms with E-state index in [1.54, 1.807) is 18.2 Å². The molecule has 1 amide bonds. The minimum Gasteiger partial charge on any atom is -0.354 e. The van der Waals surface area contributed by atoms with Gasteiger partial charge in [-0.05, 0) is 48.6 Å². The van der Waals surface area contributed by atoms with Crippen molar-refractivity contribution in [3.8, 4) is 0 Å². The number of nitrogens with one attached hydrogen (secondary N) is 1. The van der Waals surface area contributed by atoms with Gasteiger partial charge >= 0.3 is 0 Å². The minimum absolute atomic E-state index is 0.00553. The molecule has 2 aromatic rings. The summed E-state index contributed by atoms with van der Waals surface area (Å²) in [7, 11) is -3.63. The number of amides is 1. The Morgan fingerprint density at radius 2 is 1.85 bits per heavy atom. The Morgan fingerprint density at radius 3 is 2.46 bits per heavy atom. The number of sulfone groups is 1. The van der Waals surface area contributed by atoms with Crippen molar-refractivity contribution in [1.82, 2.24) is 5.32 Å². The average molecular weight is 412 g/mol. The third-order valence-electron chi connectivity index (χ3n) is 4.81. The van der Waals surface area contributed by atoms with Gasteiger partial charge in [-0.1, -0.05) is 36.9 Å². The lowest BCUT2D eigenvalue weighted by atomic mass is 9.89. The molecule has 0 saturated heterocycles. The molecule has 1 aromatic heterocycles. The highest BCUT2D eigenvalue weighted by molar-refractivity contribution is 7.91. The Hall–Kier alpha value is -1.37. The van der Waals surface area contributed by atoms with E-state index in [-0.39, 0.29) is 23.3 Å². The van der Waals surface area contributed by atoms with Crippen LogP contribution in [0.3, 0.4) is 0 Å². The summed E-state index contributed by atoms with van der Waals surface area (Å²) in [6, 6.07) is 9.80. The van der Waals surface area contributed by atoms with E-state index in [2.05, 4.69) is 5.32 Å². The standard InChI is InChI=1S/C19H22ClNO3S2/c20-15-8-10-16(11-9-15)26(23,24)18(17-7-4-12-25-17)13-21-19(22)14-5-2-1-3-6-14/h4,7-12,14,18H,1-3,5-6,13H2,(H,21,22). The lowest BCUT2D eigenvalue weighted by molar-refractivity contribution is -0.125. The lowest BCUT2D eigenvalue weighted by Gasteiger charge is -2.23. The van der Waals surface area contributed by atoms with Crippen LogP contribution in [0.15, 0.2) is 46.7 Å². The van der Waals surface area contributed by atoms with Gasteiger partial charge in [0.25, 0.3) is 0 Å². The summed E-state index contributed by atoms with van der Waals surface area (Å²) in [6.45, 7) is 0.0841. The summed E-state index contributed by atoms with van der Waals surface area (Å²) in [5.41, 5.74) is 0. The first-order valence-corrected chi connectivity index (χ1v) is 11.6. The van der Waals surface area contributed by atoms with Crippen molar-refractivity contribution in [2.45, 2.75) is 42.2 Å². The molecule has 0 spiro atoms. The van der Waals surface area contributed by atoms with Gasteiger partial charge in [0.2, 0.25) is 5.91 Å². The first-order chi connectivity index (χ1) is 12.5. The van der Waals surface area contributed by atoms with Crippen LogP contribution in [0.25, 0.3) is 0 Å². The largest absolute Gasteiger partial charge is 0.354 e. The SMILES string of the molecule is O=C(NCC(c1cccs1)S(=O)(=O)c1ccc(Cl)cc1)C1CCCCC1. The number of thiophene rings is 1. The van der Waals surface area contributed by atoms with Crippen LogP contribution in [-0.2, 0) is 14.6 Å². The van der Waals surface area contributed by atoms with Crippen LogP contribution >= 0.6 is 22.9 Å². The molecule has 140 valence electrons. The molecule has 1 N–H and O–H groups in total. The quantitative estimate of drug-likeness (QED) is 0.754. The van der Waals surface area contributed by atoms with Crippen molar-refractivity contribution in [2.24, 2.45) is 5.92 Å². The van der Waals surface area contributed by atoms with Crippen molar-refractivity contribution in [3.05, 3.63) is 51.7 Å². The van der Waals surface area contributed by atoms with Crippen LogP contribution < -0.4 is 5.32 Å². The maximum Gasteiger partial charge on any atom is 0.223 e. The highest BCUT2D eigenvalue weighted by atomic mass is 35.5. The fourth-order valence-electron chi connectivity index (χ4n) is 3.33. The molecule has 1 aliphatic rings. The van der Waals surface area contributed by atoms with Crippen LogP contribution in [0.5, 0.6) is 0 Å². The van der Waals surface area contributed by atoms with Crippen LogP contribution in [0.2, 0.25) is 5.02 Å². The monoisotopic (exact) mass is 411 g/mol. The first-order valence-electron chi connectivity index (χ1n) is 8.79. The Balaban J connectivity index is 1.79. The predicted molar refractivity (Wildman–Crippen MR) is 105 cm³/mol. The zero-order valence-electron chi connectivity index (χ0n) is 14.4. The van der Waals surface area contributed by atoms with Crippen LogP contribution in [0.1, 0.15) is 42.2 Å². The van der Waals surface area contributed by atoms with Gasteiger partial charge in [-0.2, -0.15) is 0 Å². The second-order valence-electron chi connectivity index (χ2n) is 6.58. The number of rotatable bonds is 6. The maximum atomic E-state index is 13.1. The van der Waals surface area contributed by atoms with Gasteiger partial charge in [-0.3, -0.25) is 4.79 Å². The zero-order chi connectivity index (χ0) is 18.6. The molecule has 3 rings (SSSR count). The van der Waals surface area contributed by atoms with E-state index in [0.29, 0.717) is 5.02 Å². The van der Waals surface area contributed by atoms with Crippen molar-refractivity contribution in [1.29, 1.82) is 0 Å². The molecular formula is C19H22ClNO3S2. The molecule has 1 unspecified atom stereocenters. The predicted octanol–water partition coefficient (Wildman–Crippen LogP) is 4.61. The van der Waals surface area contributed by atoms with Gasteiger partial charge in [-0.15, -0.1) is 11.3 Å². The van der Waals surface area contributed by atoms with Gasteiger partial charge in [0.15, 0.2) is 9.84 Å². The Labute approximate surface area is 163 Å². The topological polar surface area (TPSA) is 63.2 Å². The van der Waals surface area contributed by atoms with E-state index < -0.39 is 15.1 Å². The van der Waals surface area contributed by atoms with E-state index in [9.17, 15) is 13.2 Å². The summed E-state index contributed by atoms with van der Waals surface area (Å²) >= 11 is 7.27. The zero-order valence-corrected chi connectivity index (χ0v) is 16.7. The smallest absolute Gasteiger partial charge is 0.223 e. The minimum atomic E-state index is -3.63. The van der Waals surface area contributed by atoms with Gasteiger partial charge in [0.05, 0.1) is 4.90 Å². The Bertz CT molecular complexity index is 826. The molecule has 26 heavy (non-hydrogen) atoms. The number of hydrogen-bond donors (Lipinski definition) is 1. The second kappa shape index (κ2) is 8.55. The van der Waals surface area contributed by atoms with E-state index in [0.717, 1.165) is 30.6 Å². The molecular weight excluding hydrogens is 390 g/mol. The molecule has 1 heterocycles. The number of halogens is 1. The molecule has 7 heteroatoms. The van der Waals surface area contributed by atoms with E-state index in [4.69, 9.17) is 11.6 Å². The molecule has 1 atom stereocenters. The molecule has 1 aliphatic carbocycles. The Morgan fingerprint density at radius 1 is 1.15 bits per heavy atom. The normalized spacial score (nSPS) is 17.0. The van der Waals surface area contributed by atoms with Gasteiger partial charge in [0, 0.05) is 22.4 Å². The van der Waals surface area contributed by atoms with E-state index >= 15 is 0 Å². The van der Waals surface area contributed by atoms with Crippen molar-refractivity contribution >= 4 is 38.7 Å². The fraction of sp³-hybridized carbons (Fsp3) is 0.421. The number of benzene rings is 1. The number of hydrogen-bond acceptors (Lipinski definition) is 4. The highest BCUT2D eigenvalue weighted by Crippen LogP contribution is 2.32. The molecule has 0 aliphatic heterocycles. The summed E-state index contributed by atoms with van der Waals surface area (Å²) in [5, 5.41) is 4.43. The third kappa shape index (κ3) is 4.48. The summed E-state index contributed by atoms with van der Waals surface area (Å²) in [4.78, 5) is 13.4. The fourth-order valence-corrected chi connectivity index (χ4v) is 6.24. The number of carbonyl (C=O) groups excluding carboxylic acids is 1. The average Bonchev–Trinajstić information content (AvgIpc) is 3.17. The number of carbonyl (C=O) groups is 1. The van der Waals surface area contributed by atoms with E-state index in [1.807, 2.05) is 11.4 Å². The summed E-state index contributed by atoms with van der Waals surface area (Å²) in [5.74, 6) is -0.0245. The molecule has 1 aromatic carbocycles. The first kappa shape index (κ1) is 19.4. The van der Waals surface area contributed by atoms with Crippen LogP contribution in [-0.4, -0.2) is 20.9 Å².